The van der Waals surface area contributed by atoms with Crippen LogP contribution in [0, 0.1) is 0 Å². The van der Waals surface area contributed by atoms with Crippen LogP contribution in [-0.4, -0.2) is 19.6 Å². The number of carbonyl (C=O) groups excluding carboxylic acids is 1. The van der Waals surface area contributed by atoms with Crippen LogP contribution in [0.4, 0.5) is 30.2 Å². The predicted octanol–water partition coefficient (Wildman–Crippen LogP) is 6.42. The van der Waals surface area contributed by atoms with E-state index in [1.54, 1.807) is 12.1 Å². The summed E-state index contributed by atoms with van der Waals surface area (Å²) >= 11 is 0. The van der Waals surface area contributed by atoms with Crippen LogP contribution in [0.25, 0.3) is 10.8 Å². The lowest BCUT2D eigenvalue weighted by atomic mass is 10.0. The summed E-state index contributed by atoms with van der Waals surface area (Å²) in [6.45, 7) is -0.402. The second-order valence-electron chi connectivity index (χ2n) is 8.26. The minimum atomic E-state index is -4.50. The van der Waals surface area contributed by atoms with Crippen LogP contribution in [0.5, 0.6) is 11.5 Å². The first kappa shape index (κ1) is 23.3. The maximum absolute atomic E-state index is 12.9. The number of ether oxygens (including phenoxy) is 2. The first-order valence-electron chi connectivity index (χ1n) is 11.1. The molecule has 0 saturated carbocycles. The smallest absolute Gasteiger partial charge is 0.416 e. The molecule has 9 heteroatoms. The molecule has 1 aliphatic heterocycles. The minimum Gasteiger partial charge on any atom is -0.493 e. The van der Waals surface area contributed by atoms with Crippen molar-refractivity contribution in [2.75, 3.05) is 29.7 Å². The number of hydrogen-bond acceptors (Lipinski definition) is 5. The molecule has 0 fully saturated rings. The fraction of sp³-hybridized carbons (Fsp3) is 0.148. The number of nitrogens with one attached hydrogen (secondary N) is 3. The fourth-order valence-corrected chi connectivity index (χ4v) is 4.19. The SMILES string of the molecule is COc1cc(C2Nc3cccc4cccc(c34)N2)ccc1OCC(=O)Nc1cccc(C(F)(F)F)c1. The molecule has 4 aromatic rings. The van der Waals surface area contributed by atoms with Crippen LogP contribution in [0.2, 0.25) is 0 Å². The molecule has 0 spiro atoms. The third-order valence-electron chi connectivity index (χ3n) is 5.86. The Morgan fingerprint density at radius 3 is 2.28 bits per heavy atom. The van der Waals surface area contributed by atoms with Crippen molar-refractivity contribution >= 4 is 33.7 Å². The molecule has 184 valence electrons. The van der Waals surface area contributed by atoms with Crippen LogP contribution in [-0.2, 0) is 11.0 Å². The van der Waals surface area contributed by atoms with E-state index in [2.05, 4.69) is 28.1 Å². The Balaban J connectivity index is 1.27. The van der Waals surface area contributed by atoms with Gasteiger partial charge in [0.15, 0.2) is 18.1 Å². The average Bonchev–Trinajstić information content (AvgIpc) is 2.87. The third kappa shape index (κ3) is 4.72. The molecule has 4 aromatic carbocycles. The summed E-state index contributed by atoms with van der Waals surface area (Å²) in [5.41, 5.74) is 2.10. The highest BCUT2D eigenvalue weighted by Crippen LogP contribution is 2.40. The van der Waals surface area contributed by atoms with Gasteiger partial charge >= 0.3 is 6.18 Å². The van der Waals surface area contributed by atoms with E-state index in [0.717, 1.165) is 39.8 Å². The van der Waals surface area contributed by atoms with Crippen LogP contribution < -0.4 is 25.4 Å². The molecule has 0 radical (unpaired) electrons. The van der Waals surface area contributed by atoms with Gasteiger partial charge in [0.25, 0.3) is 5.91 Å². The fourth-order valence-electron chi connectivity index (χ4n) is 4.19. The lowest BCUT2D eigenvalue weighted by Crippen LogP contribution is -2.24. The first-order valence-corrected chi connectivity index (χ1v) is 11.1. The van der Waals surface area contributed by atoms with Gasteiger partial charge in [-0.25, -0.2) is 0 Å². The van der Waals surface area contributed by atoms with Gasteiger partial charge in [-0.2, -0.15) is 13.2 Å². The van der Waals surface area contributed by atoms with E-state index in [9.17, 15) is 18.0 Å². The Bertz CT molecular complexity index is 1400. The zero-order valence-corrected chi connectivity index (χ0v) is 19.1. The topological polar surface area (TPSA) is 71.6 Å². The van der Waals surface area contributed by atoms with Crippen LogP contribution >= 0.6 is 0 Å². The summed E-state index contributed by atoms with van der Waals surface area (Å²) in [6.07, 6.45) is -4.72. The monoisotopic (exact) mass is 493 g/mol. The number of hydrogen-bond donors (Lipinski definition) is 3. The summed E-state index contributed by atoms with van der Waals surface area (Å²) in [5, 5.41) is 11.7. The molecular weight excluding hydrogens is 471 g/mol. The minimum absolute atomic E-state index is 0.0329. The van der Waals surface area contributed by atoms with E-state index in [4.69, 9.17) is 9.47 Å². The molecule has 1 amide bonds. The Hall–Kier alpha value is -4.40. The van der Waals surface area contributed by atoms with Gasteiger partial charge in [-0.3, -0.25) is 4.79 Å². The Labute approximate surface area is 205 Å². The summed E-state index contributed by atoms with van der Waals surface area (Å²) < 4.78 is 49.8. The van der Waals surface area contributed by atoms with Crippen molar-refractivity contribution in [1.82, 2.24) is 0 Å². The lowest BCUT2D eigenvalue weighted by Gasteiger charge is -2.30. The quantitative estimate of drug-likeness (QED) is 0.289. The summed E-state index contributed by atoms with van der Waals surface area (Å²) in [4.78, 5) is 12.3. The molecular formula is C27H22F3N3O3. The van der Waals surface area contributed by atoms with E-state index in [0.29, 0.717) is 11.5 Å². The second kappa shape index (κ2) is 9.33. The van der Waals surface area contributed by atoms with Gasteiger partial charge in [0.2, 0.25) is 0 Å². The van der Waals surface area contributed by atoms with Gasteiger partial charge < -0.3 is 25.4 Å². The number of rotatable bonds is 6. The van der Waals surface area contributed by atoms with E-state index in [1.807, 2.05) is 30.3 Å². The Morgan fingerprint density at radius 1 is 0.917 bits per heavy atom. The van der Waals surface area contributed by atoms with Gasteiger partial charge in [0, 0.05) is 22.4 Å². The molecule has 6 nitrogen and oxygen atoms in total. The number of alkyl halides is 3. The molecule has 36 heavy (non-hydrogen) atoms. The molecule has 0 aliphatic carbocycles. The van der Waals surface area contributed by atoms with E-state index < -0.39 is 24.3 Å². The van der Waals surface area contributed by atoms with Crippen molar-refractivity contribution in [3.8, 4) is 11.5 Å². The number of halogens is 3. The van der Waals surface area contributed by atoms with Crippen LogP contribution in [0.1, 0.15) is 17.3 Å². The molecule has 0 saturated heterocycles. The summed E-state index contributed by atoms with van der Waals surface area (Å²) in [7, 11) is 1.49. The van der Waals surface area contributed by atoms with Crippen molar-refractivity contribution in [3.63, 3.8) is 0 Å². The molecule has 1 heterocycles. The van der Waals surface area contributed by atoms with E-state index >= 15 is 0 Å². The highest BCUT2D eigenvalue weighted by atomic mass is 19.4. The average molecular weight is 493 g/mol. The second-order valence-corrected chi connectivity index (χ2v) is 8.26. The molecule has 5 rings (SSSR count). The molecule has 0 unspecified atom stereocenters. The van der Waals surface area contributed by atoms with Gasteiger partial charge in [-0.15, -0.1) is 0 Å². The van der Waals surface area contributed by atoms with Gasteiger partial charge in [0.05, 0.1) is 12.7 Å². The first-order chi connectivity index (χ1) is 17.3. The number of amides is 1. The largest absolute Gasteiger partial charge is 0.493 e. The lowest BCUT2D eigenvalue weighted by molar-refractivity contribution is -0.137. The molecule has 0 bridgehead atoms. The molecule has 0 atom stereocenters. The van der Waals surface area contributed by atoms with Crippen molar-refractivity contribution in [3.05, 3.63) is 90.0 Å². The van der Waals surface area contributed by atoms with E-state index in [-0.39, 0.29) is 11.9 Å². The number of benzene rings is 4. The van der Waals surface area contributed by atoms with Crippen molar-refractivity contribution in [2.45, 2.75) is 12.3 Å². The number of methoxy groups -OCH3 is 1. The predicted molar refractivity (Wildman–Crippen MR) is 132 cm³/mol. The highest BCUT2D eigenvalue weighted by Gasteiger charge is 2.30. The van der Waals surface area contributed by atoms with Gasteiger partial charge in [-0.1, -0.05) is 36.4 Å². The van der Waals surface area contributed by atoms with Crippen molar-refractivity contribution in [1.29, 1.82) is 0 Å². The maximum atomic E-state index is 12.9. The van der Waals surface area contributed by atoms with Crippen molar-refractivity contribution < 1.29 is 27.4 Å². The van der Waals surface area contributed by atoms with Crippen LogP contribution in [0.15, 0.2) is 78.9 Å². The normalized spacial score (nSPS) is 13.0. The summed E-state index contributed by atoms with van der Waals surface area (Å²) in [6, 6.07) is 21.9. The molecule has 3 N–H and O–H groups in total. The van der Waals surface area contributed by atoms with Crippen molar-refractivity contribution in [2.24, 2.45) is 0 Å². The maximum Gasteiger partial charge on any atom is 0.416 e. The van der Waals surface area contributed by atoms with Gasteiger partial charge in [-0.05, 0) is 53.4 Å². The molecule has 0 aromatic heterocycles. The highest BCUT2D eigenvalue weighted by molar-refractivity contribution is 6.04. The standard InChI is InChI=1S/C27H22F3N3O3/c1-35-23-13-17(26-32-20-9-2-5-16-6-3-10-21(33-26)25(16)20)11-12-22(23)36-15-24(34)31-19-8-4-7-18(14-19)27(28,29)30/h2-14,26,32-33H,15H2,1H3,(H,31,34). The number of anilines is 3. The Kier molecular flexibility index (Phi) is 6.05. The van der Waals surface area contributed by atoms with E-state index in [1.165, 1.54) is 19.2 Å². The van der Waals surface area contributed by atoms with Crippen LogP contribution in [0.3, 0.4) is 0 Å². The number of carbonyl (C=O) groups is 1. The zero-order chi connectivity index (χ0) is 25.3. The summed E-state index contributed by atoms with van der Waals surface area (Å²) in [5.74, 6) is 0.152. The molecule has 1 aliphatic rings. The zero-order valence-electron chi connectivity index (χ0n) is 19.1. The Morgan fingerprint density at radius 2 is 1.61 bits per heavy atom. The third-order valence-corrected chi connectivity index (χ3v) is 5.86. The van der Waals surface area contributed by atoms with Gasteiger partial charge in [0.1, 0.15) is 6.17 Å².